The number of nitrogen functional groups attached to an aromatic ring is 1. The van der Waals surface area contributed by atoms with Crippen LogP contribution in [0, 0.1) is 0 Å². The molecule has 1 heterocycles. The van der Waals surface area contributed by atoms with Gasteiger partial charge in [-0.15, -0.1) is 11.3 Å². The van der Waals surface area contributed by atoms with E-state index in [1.807, 2.05) is 5.38 Å². The molecule has 0 saturated heterocycles. The van der Waals surface area contributed by atoms with Crippen LogP contribution in [0.15, 0.2) is 34.7 Å². The van der Waals surface area contributed by atoms with Crippen LogP contribution in [0.25, 0.3) is 0 Å². The lowest BCUT2D eigenvalue weighted by atomic mass is 10.2. The van der Waals surface area contributed by atoms with E-state index in [-0.39, 0.29) is 4.90 Å². The molecule has 0 fully saturated rings. The summed E-state index contributed by atoms with van der Waals surface area (Å²) < 4.78 is 22.7. The number of rotatable bonds is 4. The Kier molecular flexibility index (Phi) is 3.53. The maximum Gasteiger partial charge on any atom is 0.175 e. The highest BCUT2D eigenvalue weighted by atomic mass is 32.2. The van der Waals surface area contributed by atoms with Crippen LogP contribution in [-0.4, -0.2) is 19.7 Å². The topological polar surface area (TPSA) is 85.1 Å². The van der Waals surface area contributed by atoms with E-state index >= 15 is 0 Å². The highest BCUT2D eigenvalue weighted by molar-refractivity contribution is 7.90. The van der Waals surface area contributed by atoms with Gasteiger partial charge in [-0.2, -0.15) is 0 Å². The van der Waals surface area contributed by atoms with Crippen LogP contribution < -0.4 is 11.1 Å². The van der Waals surface area contributed by atoms with Crippen LogP contribution >= 0.6 is 11.3 Å². The predicted molar refractivity (Wildman–Crippen MR) is 73.4 cm³/mol. The number of hydrogen-bond acceptors (Lipinski definition) is 6. The Balaban J connectivity index is 2.15. The lowest BCUT2D eigenvalue weighted by Crippen LogP contribution is -2.04. The third-order valence-corrected chi connectivity index (χ3v) is 4.25. The molecule has 0 unspecified atom stereocenters. The average molecular weight is 283 g/mol. The summed E-state index contributed by atoms with van der Waals surface area (Å²) >= 11 is 1.55. The number of nitrogens with two attached hydrogens (primary N) is 1. The monoisotopic (exact) mass is 283 g/mol. The molecule has 0 aliphatic rings. The van der Waals surface area contributed by atoms with E-state index in [4.69, 9.17) is 5.73 Å². The first-order valence-electron chi connectivity index (χ1n) is 5.18. The zero-order valence-corrected chi connectivity index (χ0v) is 11.4. The largest absolute Gasteiger partial charge is 0.397 e. The molecule has 0 aliphatic carbocycles. The first-order valence-corrected chi connectivity index (χ1v) is 7.96. The van der Waals surface area contributed by atoms with E-state index in [9.17, 15) is 8.42 Å². The third kappa shape index (κ3) is 2.99. The van der Waals surface area contributed by atoms with E-state index in [0.29, 0.717) is 17.9 Å². The normalized spacial score (nSPS) is 11.4. The van der Waals surface area contributed by atoms with Gasteiger partial charge in [-0.25, -0.2) is 13.4 Å². The van der Waals surface area contributed by atoms with Crippen LogP contribution in [-0.2, 0) is 16.4 Å². The molecule has 0 radical (unpaired) electrons. The first kappa shape index (κ1) is 12.8. The van der Waals surface area contributed by atoms with Crippen molar-refractivity contribution in [2.24, 2.45) is 0 Å². The minimum absolute atomic E-state index is 0.222. The van der Waals surface area contributed by atoms with Crippen molar-refractivity contribution in [1.82, 2.24) is 4.98 Å². The molecule has 96 valence electrons. The Labute approximate surface area is 110 Å². The Morgan fingerprint density at radius 2 is 2.22 bits per heavy atom. The van der Waals surface area contributed by atoms with Gasteiger partial charge in [-0.3, -0.25) is 0 Å². The number of aromatic nitrogens is 1. The van der Waals surface area contributed by atoms with Gasteiger partial charge in [0.1, 0.15) is 5.01 Å². The van der Waals surface area contributed by atoms with Crippen molar-refractivity contribution in [3.8, 4) is 0 Å². The Bertz CT molecular complexity index is 636. The van der Waals surface area contributed by atoms with E-state index in [1.54, 1.807) is 23.6 Å². The van der Waals surface area contributed by atoms with E-state index < -0.39 is 9.84 Å². The van der Waals surface area contributed by atoms with Crippen LogP contribution in [0.1, 0.15) is 5.01 Å². The molecule has 7 heteroatoms. The number of nitrogens with zero attached hydrogens (tertiary/aromatic N) is 1. The molecule has 5 nitrogen and oxygen atoms in total. The van der Waals surface area contributed by atoms with Gasteiger partial charge in [-0.05, 0) is 18.2 Å². The fourth-order valence-corrected chi connectivity index (χ4v) is 2.66. The molecule has 0 aliphatic heterocycles. The summed E-state index contributed by atoms with van der Waals surface area (Å²) in [4.78, 5) is 4.36. The van der Waals surface area contributed by atoms with Gasteiger partial charge in [0.05, 0.1) is 22.8 Å². The molecule has 1 aromatic carbocycles. The maximum atomic E-state index is 11.4. The standard InChI is InChI=1S/C11H13N3O2S2/c1-18(15,16)8-2-3-10(9(12)6-8)14-7-11-13-4-5-17-11/h2-6,14H,7,12H2,1H3. The SMILES string of the molecule is CS(=O)(=O)c1ccc(NCc2nccs2)c(N)c1. The summed E-state index contributed by atoms with van der Waals surface area (Å²) in [7, 11) is -3.22. The molecule has 0 amide bonds. The molecule has 18 heavy (non-hydrogen) atoms. The van der Waals surface area contributed by atoms with Crippen molar-refractivity contribution in [3.05, 3.63) is 34.8 Å². The van der Waals surface area contributed by atoms with Gasteiger partial charge < -0.3 is 11.1 Å². The zero-order chi connectivity index (χ0) is 13.2. The summed E-state index contributed by atoms with van der Waals surface area (Å²) in [5, 5.41) is 5.96. The molecule has 0 saturated carbocycles. The number of anilines is 2. The van der Waals surface area contributed by atoms with E-state index in [2.05, 4.69) is 10.3 Å². The Morgan fingerprint density at radius 3 is 2.78 bits per heavy atom. The Hall–Kier alpha value is -1.60. The smallest absolute Gasteiger partial charge is 0.175 e. The van der Waals surface area contributed by atoms with Crippen molar-refractivity contribution < 1.29 is 8.42 Å². The summed E-state index contributed by atoms with van der Waals surface area (Å²) in [6, 6.07) is 4.66. The summed E-state index contributed by atoms with van der Waals surface area (Å²) in [5.74, 6) is 0. The number of thiazole rings is 1. The maximum absolute atomic E-state index is 11.4. The zero-order valence-electron chi connectivity index (χ0n) is 9.75. The number of sulfone groups is 1. The Morgan fingerprint density at radius 1 is 1.44 bits per heavy atom. The van der Waals surface area contributed by atoms with E-state index in [0.717, 1.165) is 11.3 Å². The highest BCUT2D eigenvalue weighted by Gasteiger charge is 2.09. The van der Waals surface area contributed by atoms with Crippen molar-refractivity contribution in [1.29, 1.82) is 0 Å². The molecule has 3 N–H and O–H groups in total. The van der Waals surface area contributed by atoms with Gasteiger partial charge in [0, 0.05) is 17.8 Å². The quantitative estimate of drug-likeness (QED) is 0.835. The molecule has 0 spiro atoms. The van der Waals surface area contributed by atoms with Crippen LogP contribution in [0.2, 0.25) is 0 Å². The average Bonchev–Trinajstić information content (AvgIpc) is 2.79. The number of benzene rings is 1. The second-order valence-corrected chi connectivity index (χ2v) is 6.80. The first-order chi connectivity index (χ1) is 8.47. The number of nitrogens with one attached hydrogen (secondary N) is 1. The molecule has 0 bridgehead atoms. The van der Waals surface area contributed by atoms with Crippen LogP contribution in [0.3, 0.4) is 0 Å². The van der Waals surface area contributed by atoms with E-state index in [1.165, 1.54) is 12.1 Å². The third-order valence-electron chi connectivity index (χ3n) is 2.36. The molecule has 1 aromatic heterocycles. The van der Waals surface area contributed by atoms with Gasteiger partial charge in [0.25, 0.3) is 0 Å². The predicted octanol–water partition coefficient (Wildman–Crippen LogP) is 1.74. The minimum Gasteiger partial charge on any atom is -0.397 e. The fourth-order valence-electron chi connectivity index (χ4n) is 1.44. The van der Waals surface area contributed by atoms with Gasteiger partial charge in [-0.1, -0.05) is 0 Å². The van der Waals surface area contributed by atoms with Crippen LogP contribution in [0.4, 0.5) is 11.4 Å². The van der Waals surface area contributed by atoms with Crippen molar-refractivity contribution in [3.63, 3.8) is 0 Å². The van der Waals surface area contributed by atoms with Gasteiger partial charge >= 0.3 is 0 Å². The minimum atomic E-state index is -3.22. The lowest BCUT2D eigenvalue weighted by molar-refractivity contribution is 0.602. The van der Waals surface area contributed by atoms with Crippen molar-refractivity contribution in [2.75, 3.05) is 17.3 Å². The summed E-state index contributed by atoms with van der Waals surface area (Å²) in [6.07, 6.45) is 2.89. The van der Waals surface area contributed by atoms with Crippen molar-refractivity contribution in [2.45, 2.75) is 11.4 Å². The van der Waals surface area contributed by atoms with Crippen molar-refractivity contribution >= 4 is 32.5 Å². The summed E-state index contributed by atoms with van der Waals surface area (Å²) in [6.45, 7) is 0.570. The second kappa shape index (κ2) is 4.95. The summed E-state index contributed by atoms with van der Waals surface area (Å²) in [5.41, 5.74) is 6.93. The van der Waals surface area contributed by atoms with Crippen LogP contribution in [0.5, 0.6) is 0 Å². The molecule has 0 atom stereocenters. The number of hydrogen-bond donors (Lipinski definition) is 2. The lowest BCUT2D eigenvalue weighted by Gasteiger charge is -2.09. The highest BCUT2D eigenvalue weighted by Crippen LogP contribution is 2.23. The molecular formula is C11H13N3O2S2. The molecule has 2 rings (SSSR count). The second-order valence-electron chi connectivity index (χ2n) is 3.80. The fraction of sp³-hybridized carbons (Fsp3) is 0.182. The van der Waals surface area contributed by atoms with Gasteiger partial charge in [0.15, 0.2) is 9.84 Å². The molecule has 2 aromatic rings. The van der Waals surface area contributed by atoms with Gasteiger partial charge in [0.2, 0.25) is 0 Å². The molecular weight excluding hydrogens is 270 g/mol.